The molecular weight excluding hydrogens is 312 g/mol. The minimum absolute atomic E-state index is 0.200. The number of rotatable bonds is 4. The Balaban J connectivity index is 1.87. The summed E-state index contributed by atoms with van der Waals surface area (Å²) in [4.78, 5) is 2.25. The van der Waals surface area contributed by atoms with E-state index in [9.17, 15) is 8.42 Å². The summed E-state index contributed by atoms with van der Waals surface area (Å²) < 4.78 is 33.3. The first-order chi connectivity index (χ1) is 11.0. The van der Waals surface area contributed by atoms with E-state index >= 15 is 0 Å². The van der Waals surface area contributed by atoms with Gasteiger partial charge < -0.3 is 9.64 Å². The van der Waals surface area contributed by atoms with Crippen molar-refractivity contribution in [3.8, 4) is 5.75 Å². The number of sulfonamides is 1. The van der Waals surface area contributed by atoms with Crippen LogP contribution in [0, 0.1) is 0 Å². The first kappa shape index (κ1) is 15.7. The summed E-state index contributed by atoms with van der Waals surface area (Å²) >= 11 is 0. The maximum Gasteiger partial charge on any atom is 0.262 e. The highest BCUT2D eigenvalue weighted by molar-refractivity contribution is 7.92. The molecule has 0 fully saturated rings. The third kappa shape index (κ3) is 3.27. The largest absolute Gasteiger partial charge is 0.490 e. The highest BCUT2D eigenvalue weighted by Crippen LogP contribution is 2.33. The minimum Gasteiger partial charge on any atom is -0.490 e. The molecule has 0 unspecified atom stereocenters. The molecule has 0 aliphatic carbocycles. The number of fused-ring (bicyclic) bond motifs is 1. The van der Waals surface area contributed by atoms with Gasteiger partial charge in [0.05, 0.1) is 17.1 Å². The van der Waals surface area contributed by atoms with Gasteiger partial charge in [0.1, 0.15) is 12.4 Å². The molecule has 0 aromatic heterocycles. The maximum atomic E-state index is 12.5. The Kier molecular flexibility index (Phi) is 4.17. The van der Waals surface area contributed by atoms with Gasteiger partial charge in [-0.2, -0.15) is 0 Å². The first-order valence-corrected chi connectivity index (χ1v) is 9.07. The molecule has 6 heteroatoms. The van der Waals surface area contributed by atoms with Gasteiger partial charge in [0, 0.05) is 18.8 Å². The van der Waals surface area contributed by atoms with E-state index in [-0.39, 0.29) is 4.90 Å². The lowest BCUT2D eigenvalue weighted by molar-refractivity contribution is 0.310. The lowest BCUT2D eigenvalue weighted by atomic mass is 10.2. The average Bonchev–Trinajstić information content (AvgIpc) is 2.55. The molecule has 1 aliphatic heterocycles. The SMILES string of the molecule is CCc1ccc(NS(=O)(=O)c2ccc3c(c2)OCCN3C)cc1. The van der Waals surface area contributed by atoms with Crippen LogP contribution in [0.1, 0.15) is 12.5 Å². The van der Waals surface area contributed by atoms with Crippen molar-refractivity contribution < 1.29 is 13.2 Å². The van der Waals surface area contributed by atoms with Gasteiger partial charge in [-0.1, -0.05) is 19.1 Å². The zero-order valence-electron chi connectivity index (χ0n) is 13.2. The van der Waals surface area contributed by atoms with Crippen molar-refractivity contribution in [3.05, 3.63) is 48.0 Å². The second kappa shape index (κ2) is 6.12. The summed E-state index contributed by atoms with van der Waals surface area (Å²) in [5.74, 6) is 0.600. The Bertz CT molecular complexity index is 801. The molecule has 3 rings (SSSR count). The normalized spacial score (nSPS) is 14.1. The summed E-state index contributed by atoms with van der Waals surface area (Å²) in [6, 6.07) is 12.4. The van der Waals surface area contributed by atoms with Crippen molar-refractivity contribution in [1.82, 2.24) is 0 Å². The number of ether oxygens (including phenoxy) is 1. The number of benzene rings is 2. The van der Waals surface area contributed by atoms with Crippen LogP contribution in [-0.2, 0) is 16.4 Å². The van der Waals surface area contributed by atoms with Crippen LogP contribution in [0.25, 0.3) is 0 Å². The van der Waals surface area contributed by atoms with E-state index in [1.807, 2.05) is 24.1 Å². The number of hydrogen-bond acceptors (Lipinski definition) is 4. The van der Waals surface area contributed by atoms with Crippen molar-refractivity contribution in [2.24, 2.45) is 0 Å². The number of likely N-dealkylation sites (N-methyl/N-ethyl adjacent to an activating group) is 1. The summed E-state index contributed by atoms with van der Waals surface area (Å²) in [5.41, 5.74) is 2.62. The van der Waals surface area contributed by atoms with E-state index in [2.05, 4.69) is 11.6 Å². The summed E-state index contributed by atoms with van der Waals surface area (Å²) in [6.07, 6.45) is 0.919. The van der Waals surface area contributed by atoms with Crippen LogP contribution in [-0.4, -0.2) is 28.6 Å². The lowest BCUT2D eigenvalue weighted by Crippen LogP contribution is -2.29. The van der Waals surface area contributed by atoms with Crippen molar-refractivity contribution in [2.75, 3.05) is 29.8 Å². The van der Waals surface area contributed by atoms with Crippen LogP contribution < -0.4 is 14.4 Å². The van der Waals surface area contributed by atoms with Gasteiger partial charge in [-0.25, -0.2) is 8.42 Å². The van der Waals surface area contributed by atoms with E-state index in [1.165, 1.54) is 0 Å². The van der Waals surface area contributed by atoms with E-state index in [0.717, 1.165) is 24.2 Å². The van der Waals surface area contributed by atoms with Gasteiger partial charge in [0.2, 0.25) is 0 Å². The molecular formula is C17H20N2O3S. The quantitative estimate of drug-likeness (QED) is 0.935. The van der Waals surface area contributed by atoms with E-state index in [4.69, 9.17) is 4.74 Å². The number of nitrogens with zero attached hydrogens (tertiary/aromatic N) is 1. The Hall–Kier alpha value is -2.21. The van der Waals surface area contributed by atoms with Crippen LogP contribution in [0.3, 0.4) is 0 Å². The molecule has 2 aromatic carbocycles. The Morgan fingerprint density at radius 2 is 1.91 bits per heavy atom. The lowest BCUT2D eigenvalue weighted by Gasteiger charge is -2.27. The topological polar surface area (TPSA) is 58.6 Å². The molecule has 0 spiro atoms. The van der Waals surface area contributed by atoms with E-state index < -0.39 is 10.0 Å². The molecule has 122 valence electrons. The Morgan fingerprint density at radius 3 is 2.61 bits per heavy atom. The maximum absolute atomic E-state index is 12.5. The predicted molar refractivity (Wildman–Crippen MR) is 91.8 cm³/mol. The van der Waals surface area contributed by atoms with Crippen molar-refractivity contribution in [3.63, 3.8) is 0 Å². The van der Waals surface area contributed by atoms with E-state index in [0.29, 0.717) is 18.0 Å². The smallest absolute Gasteiger partial charge is 0.262 e. The van der Waals surface area contributed by atoms with Gasteiger partial charge in [-0.05, 0) is 36.2 Å². The van der Waals surface area contributed by atoms with Crippen LogP contribution in [0.15, 0.2) is 47.4 Å². The molecule has 0 radical (unpaired) electrons. The summed E-state index contributed by atoms with van der Waals surface area (Å²) in [5, 5.41) is 0. The fourth-order valence-corrected chi connectivity index (χ4v) is 3.60. The van der Waals surface area contributed by atoms with Gasteiger partial charge in [0.15, 0.2) is 0 Å². The number of aryl methyl sites for hydroxylation is 1. The number of nitrogens with one attached hydrogen (secondary N) is 1. The fourth-order valence-electron chi connectivity index (χ4n) is 2.53. The second-order valence-corrected chi connectivity index (χ2v) is 7.24. The molecule has 0 bridgehead atoms. The molecule has 1 aliphatic rings. The molecule has 23 heavy (non-hydrogen) atoms. The van der Waals surface area contributed by atoms with Crippen LogP contribution in [0.4, 0.5) is 11.4 Å². The molecule has 0 saturated heterocycles. The van der Waals surface area contributed by atoms with Gasteiger partial charge in [0.25, 0.3) is 10.0 Å². The first-order valence-electron chi connectivity index (χ1n) is 7.59. The molecule has 1 heterocycles. The predicted octanol–water partition coefficient (Wildman–Crippen LogP) is 2.88. The van der Waals surface area contributed by atoms with Gasteiger partial charge >= 0.3 is 0 Å². The molecule has 0 saturated carbocycles. The second-order valence-electron chi connectivity index (χ2n) is 5.56. The fraction of sp³-hybridized carbons (Fsp3) is 0.294. The molecule has 2 aromatic rings. The molecule has 1 N–H and O–H groups in total. The summed E-state index contributed by atoms with van der Waals surface area (Å²) in [7, 11) is -1.67. The van der Waals surface area contributed by atoms with Gasteiger partial charge in [-0.3, -0.25) is 4.72 Å². The zero-order valence-corrected chi connectivity index (χ0v) is 14.1. The minimum atomic E-state index is -3.63. The Morgan fingerprint density at radius 1 is 1.17 bits per heavy atom. The Labute approximate surface area is 136 Å². The van der Waals surface area contributed by atoms with Crippen LogP contribution in [0.2, 0.25) is 0 Å². The third-order valence-electron chi connectivity index (χ3n) is 3.95. The average molecular weight is 332 g/mol. The van der Waals surface area contributed by atoms with Crippen molar-refractivity contribution >= 4 is 21.4 Å². The van der Waals surface area contributed by atoms with Crippen LogP contribution >= 0.6 is 0 Å². The number of hydrogen-bond donors (Lipinski definition) is 1. The highest BCUT2D eigenvalue weighted by atomic mass is 32.2. The molecule has 5 nitrogen and oxygen atoms in total. The number of anilines is 2. The summed E-state index contributed by atoms with van der Waals surface area (Å²) in [6.45, 7) is 3.41. The standard InChI is InChI=1S/C17H20N2O3S/c1-3-13-4-6-14(7-5-13)18-23(20,21)15-8-9-16-17(12-15)22-11-10-19(16)2/h4-9,12,18H,3,10-11H2,1-2H3. The van der Waals surface area contributed by atoms with E-state index in [1.54, 1.807) is 30.3 Å². The molecule has 0 amide bonds. The zero-order chi connectivity index (χ0) is 16.4. The highest BCUT2D eigenvalue weighted by Gasteiger charge is 2.20. The van der Waals surface area contributed by atoms with Crippen molar-refractivity contribution in [2.45, 2.75) is 18.2 Å². The third-order valence-corrected chi connectivity index (χ3v) is 5.33. The molecule has 0 atom stereocenters. The van der Waals surface area contributed by atoms with Crippen LogP contribution in [0.5, 0.6) is 5.75 Å². The monoisotopic (exact) mass is 332 g/mol. The van der Waals surface area contributed by atoms with Crippen molar-refractivity contribution in [1.29, 1.82) is 0 Å². The van der Waals surface area contributed by atoms with Gasteiger partial charge in [-0.15, -0.1) is 0 Å².